The molecule has 0 amide bonds. The zero-order valence-corrected chi connectivity index (χ0v) is 41.5. The summed E-state index contributed by atoms with van der Waals surface area (Å²) in [5.41, 5.74) is 32.4. The third kappa shape index (κ3) is 6.46. The van der Waals surface area contributed by atoms with Crippen molar-refractivity contribution in [1.82, 2.24) is 0 Å². The molecule has 346 valence electrons. The van der Waals surface area contributed by atoms with Crippen LogP contribution in [0.15, 0.2) is 206 Å². The van der Waals surface area contributed by atoms with E-state index >= 15 is 0 Å². The first-order chi connectivity index (χ1) is 36.0. The van der Waals surface area contributed by atoms with Crippen LogP contribution < -0.4 is 0 Å². The number of rotatable bonds is 8. The quantitative estimate of drug-likeness (QED) is 0.142. The highest BCUT2D eigenvalue weighted by Crippen LogP contribution is 2.55. The second-order valence-corrected chi connectivity index (χ2v) is 21.1. The Balaban J connectivity index is 0.676. The van der Waals surface area contributed by atoms with Gasteiger partial charge >= 0.3 is 0 Å². The van der Waals surface area contributed by atoms with Gasteiger partial charge in [0.2, 0.25) is 0 Å². The second kappa shape index (κ2) is 16.4. The summed E-state index contributed by atoms with van der Waals surface area (Å²) in [7, 11) is 0. The van der Waals surface area contributed by atoms with E-state index in [9.17, 15) is 0 Å². The lowest BCUT2D eigenvalue weighted by atomic mass is 9.73. The van der Waals surface area contributed by atoms with Crippen LogP contribution in [0.25, 0.3) is 123 Å². The molecule has 0 spiro atoms. The first-order valence-corrected chi connectivity index (χ1v) is 26.6. The van der Waals surface area contributed by atoms with Gasteiger partial charge in [-0.05, 0) is 206 Å². The molecule has 0 bridgehead atoms. The molecule has 0 atom stereocenters. The second-order valence-electron chi connectivity index (χ2n) is 21.1. The van der Waals surface area contributed by atoms with Crippen LogP contribution in [0, 0.1) is 0 Å². The van der Waals surface area contributed by atoms with Crippen LogP contribution in [-0.4, -0.2) is 0 Å². The molecule has 0 radical (unpaired) electrons. The molecule has 0 unspecified atom stereocenters. The average Bonchev–Trinajstić information content (AvgIpc) is 3.76. The van der Waals surface area contributed by atoms with Crippen LogP contribution >= 0.6 is 0 Å². The Labute approximate surface area is 429 Å². The lowest BCUT2D eigenvalue weighted by molar-refractivity contribution is 0.491. The van der Waals surface area contributed by atoms with E-state index in [0.29, 0.717) is 0 Å². The Morgan fingerprint density at radius 2 is 0.781 bits per heavy atom. The number of allylic oxidation sites excluding steroid dienone is 6. The topological polar surface area (TPSA) is 0 Å². The third-order valence-electron chi connectivity index (χ3n) is 17.7. The Bertz CT molecular complexity index is 4090. The van der Waals surface area contributed by atoms with Gasteiger partial charge in [0.25, 0.3) is 0 Å². The maximum absolute atomic E-state index is 2.50. The van der Waals surface area contributed by atoms with Crippen molar-refractivity contribution < 1.29 is 0 Å². The fourth-order valence-corrected chi connectivity index (χ4v) is 13.8. The van der Waals surface area contributed by atoms with Crippen molar-refractivity contribution in [1.29, 1.82) is 0 Å². The van der Waals surface area contributed by atoms with E-state index < -0.39 is 0 Å². The largest absolute Gasteiger partial charge is 0.0795 e. The van der Waals surface area contributed by atoms with Gasteiger partial charge in [0, 0.05) is 5.41 Å². The molecule has 5 aliphatic carbocycles. The SMILES string of the molecule is CCC1(CC)c2cc(-c3ccc(-c4ccc(-c5ccc6ccc7c8c6c5CC=C8CC=C7)cc4)cc3)ccc2-c2ccc(-c3ccc(-c4ccc(-c5ccc6c7c8c(ccc57)C=CCC8=CC6)cc4)cc3)cc21. The molecule has 0 aliphatic heterocycles. The first-order valence-electron chi connectivity index (χ1n) is 26.6. The number of hydrogen-bond donors (Lipinski definition) is 0. The minimum absolute atomic E-state index is 0.0451. The summed E-state index contributed by atoms with van der Waals surface area (Å²) in [6.07, 6.45) is 20.3. The van der Waals surface area contributed by atoms with E-state index in [2.05, 4.69) is 232 Å². The van der Waals surface area contributed by atoms with Crippen molar-refractivity contribution in [2.24, 2.45) is 0 Å². The normalized spacial score (nSPS) is 15.0. The summed E-state index contributed by atoms with van der Waals surface area (Å²) in [6, 6.07) is 69.9. The first kappa shape index (κ1) is 42.4. The molecule has 5 aliphatic rings. The summed E-state index contributed by atoms with van der Waals surface area (Å²) >= 11 is 0. The van der Waals surface area contributed by atoms with Crippen LogP contribution in [0.5, 0.6) is 0 Å². The zero-order chi connectivity index (χ0) is 48.4. The number of fused-ring (bicyclic) bond motifs is 3. The molecule has 0 fully saturated rings. The van der Waals surface area contributed by atoms with Crippen molar-refractivity contribution in [2.45, 2.75) is 57.8 Å². The summed E-state index contributed by atoms with van der Waals surface area (Å²) < 4.78 is 0. The predicted molar refractivity (Wildman–Crippen MR) is 312 cm³/mol. The predicted octanol–water partition coefficient (Wildman–Crippen LogP) is 19.8. The van der Waals surface area contributed by atoms with Crippen LogP contribution in [0.2, 0.25) is 0 Å². The van der Waals surface area contributed by atoms with Gasteiger partial charge in [-0.3, -0.25) is 0 Å². The van der Waals surface area contributed by atoms with E-state index in [0.717, 1.165) is 38.5 Å². The zero-order valence-electron chi connectivity index (χ0n) is 41.5. The molecule has 0 heterocycles. The molecule has 0 saturated heterocycles. The van der Waals surface area contributed by atoms with Crippen LogP contribution in [0.1, 0.15) is 84.0 Å². The van der Waals surface area contributed by atoms with E-state index in [1.165, 1.54) is 155 Å². The van der Waals surface area contributed by atoms with Crippen molar-refractivity contribution >= 4 is 44.8 Å². The summed E-state index contributed by atoms with van der Waals surface area (Å²) in [5.74, 6) is 0. The molecular weight excluding hydrogens is 877 g/mol. The van der Waals surface area contributed by atoms with E-state index in [4.69, 9.17) is 0 Å². The molecule has 10 aromatic carbocycles. The van der Waals surface area contributed by atoms with Crippen molar-refractivity contribution in [3.8, 4) is 77.9 Å². The van der Waals surface area contributed by atoms with Crippen molar-refractivity contribution in [3.63, 3.8) is 0 Å². The Morgan fingerprint density at radius 3 is 1.33 bits per heavy atom. The smallest absolute Gasteiger partial charge is 0.0210 e. The standard InChI is InChI=1S/C73H54/c1-3-73(4-2)67-43-59(49-15-11-45(12-16-49)47-19-23-51(24-20-47)61-37-31-57-29-27-53-7-5-9-55-33-41-65(61)71(57)69(53)55)35-39-63(67)64-40-36-60(44-68(64)73)50-17-13-46(14-18-50)48-21-25-52(26-22-48)62-38-32-58-30-28-54-8-6-10-56-34-42-66(62)72(58)70(54)56/h5-7,10-29,31-40,42-44H,3-4,8-9,30,41H2,1-2H3. The summed E-state index contributed by atoms with van der Waals surface area (Å²) in [6.45, 7) is 4.75. The Kier molecular flexibility index (Phi) is 9.49. The highest BCUT2D eigenvalue weighted by atomic mass is 14.4. The van der Waals surface area contributed by atoms with Crippen LogP contribution in [0.3, 0.4) is 0 Å². The molecule has 0 aromatic heterocycles. The molecule has 0 heteroatoms. The van der Waals surface area contributed by atoms with Crippen LogP contribution in [0.4, 0.5) is 0 Å². The van der Waals surface area contributed by atoms with Gasteiger partial charge in [0.15, 0.2) is 0 Å². The molecule has 73 heavy (non-hydrogen) atoms. The van der Waals surface area contributed by atoms with Gasteiger partial charge in [0.1, 0.15) is 0 Å². The van der Waals surface area contributed by atoms with Gasteiger partial charge in [-0.1, -0.05) is 220 Å². The molecule has 0 N–H and O–H groups in total. The fourth-order valence-electron chi connectivity index (χ4n) is 13.8. The van der Waals surface area contributed by atoms with Crippen molar-refractivity contribution in [2.75, 3.05) is 0 Å². The molecule has 15 rings (SSSR count). The third-order valence-corrected chi connectivity index (χ3v) is 17.7. The lowest BCUT2D eigenvalue weighted by Crippen LogP contribution is -2.23. The summed E-state index contributed by atoms with van der Waals surface area (Å²) in [4.78, 5) is 0. The van der Waals surface area contributed by atoms with Gasteiger partial charge in [-0.2, -0.15) is 0 Å². The van der Waals surface area contributed by atoms with Crippen LogP contribution in [-0.2, 0) is 18.3 Å². The minimum atomic E-state index is -0.0451. The minimum Gasteiger partial charge on any atom is -0.0795 e. The summed E-state index contributed by atoms with van der Waals surface area (Å²) in [5, 5.41) is 5.61. The highest BCUT2D eigenvalue weighted by Gasteiger charge is 2.41. The number of hydrogen-bond acceptors (Lipinski definition) is 0. The molecule has 0 saturated carbocycles. The Morgan fingerprint density at radius 1 is 0.356 bits per heavy atom. The average molecular weight is 931 g/mol. The molecule has 0 nitrogen and oxygen atoms in total. The Hall–Kier alpha value is -8.32. The van der Waals surface area contributed by atoms with Gasteiger partial charge in [-0.15, -0.1) is 0 Å². The maximum atomic E-state index is 2.50. The van der Waals surface area contributed by atoms with E-state index in [1.54, 1.807) is 0 Å². The maximum Gasteiger partial charge on any atom is 0.0210 e. The monoisotopic (exact) mass is 930 g/mol. The van der Waals surface area contributed by atoms with Gasteiger partial charge in [-0.25, -0.2) is 0 Å². The van der Waals surface area contributed by atoms with Gasteiger partial charge in [0.05, 0.1) is 0 Å². The van der Waals surface area contributed by atoms with Crippen molar-refractivity contribution in [3.05, 3.63) is 251 Å². The number of benzene rings is 10. The van der Waals surface area contributed by atoms with E-state index in [1.807, 2.05) is 0 Å². The fraction of sp³-hybridized carbons (Fsp3) is 0.123. The molecule has 10 aromatic rings. The highest BCUT2D eigenvalue weighted by molar-refractivity contribution is 6.09. The molecular formula is C73H54. The van der Waals surface area contributed by atoms with E-state index in [-0.39, 0.29) is 5.41 Å². The lowest BCUT2D eigenvalue weighted by Gasteiger charge is -2.30. The van der Waals surface area contributed by atoms with Gasteiger partial charge < -0.3 is 0 Å².